The molecule has 0 bridgehead atoms. The number of allylic oxidation sites excluding steroid dienone is 1. The van der Waals surface area contributed by atoms with Gasteiger partial charge in [-0.1, -0.05) is 162 Å². The third-order valence-corrected chi connectivity index (χ3v) is 10.0. The van der Waals surface area contributed by atoms with Crippen molar-refractivity contribution in [1.82, 2.24) is 4.90 Å². The Hall–Kier alpha value is -1.07. The van der Waals surface area contributed by atoms with Crippen molar-refractivity contribution in [1.29, 1.82) is 0 Å². The van der Waals surface area contributed by atoms with Crippen LogP contribution in [0.1, 0.15) is 226 Å². The lowest BCUT2D eigenvalue weighted by Crippen LogP contribution is -2.30. The largest absolute Gasteiger partial charge is 0.495 e. The van der Waals surface area contributed by atoms with E-state index in [9.17, 15) is 9.90 Å². The lowest BCUT2D eigenvalue weighted by molar-refractivity contribution is -0.144. The first-order valence-electron chi connectivity index (χ1n) is 21.8. The van der Waals surface area contributed by atoms with E-state index in [4.69, 9.17) is 9.47 Å². The molecule has 0 rings (SSSR count). The number of aliphatic hydroxyl groups excluding tert-OH is 1. The van der Waals surface area contributed by atoms with Crippen LogP contribution in [0.2, 0.25) is 0 Å². The lowest BCUT2D eigenvalue weighted by Gasteiger charge is -2.21. The summed E-state index contributed by atoms with van der Waals surface area (Å²) in [4.78, 5) is 14.3. The third kappa shape index (κ3) is 36.5. The van der Waals surface area contributed by atoms with E-state index in [0.29, 0.717) is 38.5 Å². The number of hydrogen-bond donors (Lipinski definition) is 1. The van der Waals surface area contributed by atoms with Crippen LogP contribution in [0.25, 0.3) is 0 Å². The Balaban J connectivity index is 3.87. The Bertz CT molecular complexity index is 682. The molecule has 1 N–H and O–H groups in total. The molecule has 0 aliphatic heterocycles. The van der Waals surface area contributed by atoms with Crippen molar-refractivity contribution >= 4 is 5.97 Å². The number of aliphatic hydroxyl groups is 1. The van der Waals surface area contributed by atoms with Crippen LogP contribution in [0.3, 0.4) is 0 Å². The molecule has 292 valence electrons. The van der Waals surface area contributed by atoms with Crippen molar-refractivity contribution in [2.24, 2.45) is 0 Å². The average Bonchev–Trinajstić information content (AvgIpc) is 3.08. The molecule has 0 saturated carbocycles. The van der Waals surface area contributed by atoms with Gasteiger partial charge in [0, 0.05) is 19.4 Å². The summed E-state index contributed by atoms with van der Waals surface area (Å²) in [5.74, 6) is 0.888. The van der Waals surface area contributed by atoms with Crippen molar-refractivity contribution in [3.8, 4) is 0 Å². The molecule has 0 aliphatic carbocycles. The molecule has 5 nitrogen and oxygen atoms in total. The molecular weight excluding hydrogens is 606 g/mol. The van der Waals surface area contributed by atoms with Gasteiger partial charge in [0.25, 0.3) is 0 Å². The summed E-state index contributed by atoms with van der Waals surface area (Å²) in [6, 6.07) is 0. The van der Waals surface area contributed by atoms with Crippen LogP contribution in [-0.2, 0) is 14.3 Å². The molecule has 0 spiro atoms. The molecule has 0 amide bonds. The van der Waals surface area contributed by atoms with Gasteiger partial charge in [-0.2, -0.15) is 0 Å². The Morgan fingerprint density at radius 1 is 0.571 bits per heavy atom. The summed E-state index contributed by atoms with van der Waals surface area (Å²) in [7, 11) is 2.09. The standard InChI is InChI=1S/C44H87NO4/c1-6-9-12-15-18-19-20-26-31-39-48-44(47)37-32-34-42(46)40-45(5)38-30-25-21-22-27-33-41(4)49-43(35-28-23-16-13-10-7-2)36-29-24-17-14-11-8-3/h42-43,46H,4,6-40H2,1-3,5H3. The van der Waals surface area contributed by atoms with Crippen LogP contribution in [-0.4, -0.2) is 54.9 Å². The maximum atomic E-state index is 12.0. The molecular formula is C44H87NO4. The fourth-order valence-corrected chi connectivity index (χ4v) is 6.79. The first-order valence-corrected chi connectivity index (χ1v) is 21.8. The number of carbonyl (C=O) groups is 1. The first-order chi connectivity index (χ1) is 23.9. The Kier molecular flexibility index (Phi) is 37.3. The van der Waals surface area contributed by atoms with E-state index < -0.39 is 0 Å². The molecule has 49 heavy (non-hydrogen) atoms. The molecule has 5 heteroatoms. The van der Waals surface area contributed by atoms with E-state index in [-0.39, 0.29) is 12.1 Å². The Morgan fingerprint density at radius 2 is 1.02 bits per heavy atom. The predicted molar refractivity (Wildman–Crippen MR) is 213 cm³/mol. The molecule has 0 radical (unpaired) electrons. The number of nitrogens with zero attached hydrogens (tertiary/aromatic N) is 1. The van der Waals surface area contributed by atoms with Crippen molar-refractivity contribution in [3.05, 3.63) is 12.3 Å². The highest BCUT2D eigenvalue weighted by molar-refractivity contribution is 5.69. The third-order valence-electron chi connectivity index (χ3n) is 10.0. The van der Waals surface area contributed by atoms with Crippen molar-refractivity contribution in [2.45, 2.75) is 238 Å². The Labute approximate surface area is 307 Å². The molecule has 0 heterocycles. The van der Waals surface area contributed by atoms with E-state index in [1.54, 1.807) is 0 Å². The summed E-state index contributed by atoms with van der Waals surface area (Å²) < 4.78 is 11.8. The highest BCUT2D eigenvalue weighted by Gasteiger charge is 2.12. The zero-order chi connectivity index (χ0) is 36.0. The fraction of sp³-hybridized carbons (Fsp3) is 0.932. The number of hydrogen-bond acceptors (Lipinski definition) is 5. The number of rotatable bonds is 40. The van der Waals surface area contributed by atoms with E-state index >= 15 is 0 Å². The fourth-order valence-electron chi connectivity index (χ4n) is 6.79. The normalized spacial score (nSPS) is 12.2. The van der Waals surface area contributed by atoms with Crippen LogP contribution in [0.15, 0.2) is 12.3 Å². The molecule has 0 fully saturated rings. The zero-order valence-corrected chi connectivity index (χ0v) is 33.7. The SMILES string of the molecule is C=C(CCCCCCCN(C)CC(O)CCCC(=O)OCCCCCCCCCCC)OC(CCCCCCCC)CCCCCCCC. The maximum Gasteiger partial charge on any atom is 0.305 e. The van der Waals surface area contributed by atoms with E-state index in [0.717, 1.165) is 44.4 Å². The van der Waals surface area contributed by atoms with Crippen LogP contribution < -0.4 is 0 Å². The summed E-state index contributed by atoms with van der Waals surface area (Å²) >= 11 is 0. The second-order valence-corrected chi connectivity index (χ2v) is 15.3. The van der Waals surface area contributed by atoms with Crippen molar-refractivity contribution in [2.75, 3.05) is 26.7 Å². The monoisotopic (exact) mass is 694 g/mol. The number of carbonyl (C=O) groups excluding carboxylic acids is 1. The summed E-state index contributed by atoms with van der Waals surface area (Å²) in [5.41, 5.74) is 0. The summed E-state index contributed by atoms with van der Waals surface area (Å²) in [6.07, 6.45) is 38.6. The molecule has 1 atom stereocenters. The number of unbranched alkanes of at least 4 members (excludes halogenated alkanes) is 22. The number of likely N-dealkylation sites (N-methyl/N-ethyl adjacent to an activating group) is 1. The van der Waals surface area contributed by atoms with E-state index in [2.05, 4.69) is 39.3 Å². The molecule has 0 saturated heterocycles. The topological polar surface area (TPSA) is 59.0 Å². The number of ether oxygens (including phenoxy) is 2. The summed E-state index contributed by atoms with van der Waals surface area (Å²) in [6.45, 7) is 13.3. The van der Waals surface area contributed by atoms with Crippen LogP contribution >= 0.6 is 0 Å². The summed E-state index contributed by atoms with van der Waals surface area (Å²) in [5, 5.41) is 10.5. The van der Waals surface area contributed by atoms with Gasteiger partial charge in [-0.15, -0.1) is 0 Å². The van der Waals surface area contributed by atoms with E-state index in [1.807, 2.05) is 0 Å². The van der Waals surface area contributed by atoms with Crippen LogP contribution in [0.4, 0.5) is 0 Å². The highest BCUT2D eigenvalue weighted by Crippen LogP contribution is 2.21. The van der Waals surface area contributed by atoms with Gasteiger partial charge in [0.15, 0.2) is 0 Å². The minimum Gasteiger partial charge on any atom is -0.495 e. The average molecular weight is 694 g/mol. The van der Waals surface area contributed by atoms with Crippen molar-refractivity contribution in [3.63, 3.8) is 0 Å². The maximum absolute atomic E-state index is 12.0. The van der Waals surface area contributed by atoms with Gasteiger partial charge in [-0.3, -0.25) is 4.79 Å². The van der Waals surface area contributed by atoms with Crippen LogP contribution in [0.5, 0.6) is 0 Å². The van der Waals surface area contributed by atoms with E-state index in [1.165, 1.54) is 154 Å². The minimum atomic E-state index is -0.382. The van der Waals surface area contributed by atoms with Gasteiger partial charge >= 0.3 is 5.97 Å². The van der Waals surface area contributed by atoms with Gasteiger partial charge in [0.2, 0.25) is 0 Å². The van der Waals surface area contributed by atoms with Crippen molar-refractivity contribution < 1.29 is 19.4 Å². The molecule has 0 aliphatic rings. The molecule has 0 aromatic heterocycles. The second-order valence-electron chi connectivity index (χ2n) is 15.3. The molecule has 0 aromatic rings. The van der Waals surface area contributed by atoms with Gasteiger partial charge < -0.3 is 19.5 Å². The zero-order valence-electron chi connectivity index (χ0n) is 33.7. The van der Waals surface area contributed by atoms with Gasteiger partial charge in [-0.25, -0.2) is 0 Å². The number of esters is 1. The van der Waals surface area contributed by atoms with Gasteiger partial charge in [0.05, 0.1) is 24.6 Å². The highest BCUT2D eigenvalue weighted by atomic mass is 16.5. The predicted octanol–water partition coefficient (Wildman–Crippen LogP) is 13.3. The molecule has 0 aromatic carbocycles. The minimum absolute atomic E-state index is 0.114. The van der Waals surface area contributed by atoms with Gasteiger partial charge in [0.1, 0.15) is 0 Å². The Morgan fingerprint density at radius 3 is 1.55 bits per heavy atom. The smallest absolute Gasteiger partial charge is 0.305 e. The quantitative estimate of drug-likeness (QED) is 0.0393. The second kappa shape index (κ2) is 38.2. The first kappa shape index (κ1) is 47.9. The van der Waals surface area contributed by atoms with Crippen LogP contribution in [0, 0.1) is 0 Å². The van der Waals surface area contributed by atoms with Gasteiger partial charge in [-0.05, 0) is 71.4 Å². The molecule has 1 unspecified atom stereocenters. The lowest BCUT2D eigenvalue weighted by atomic mass is 10.0.